The van der Waals surface area contributed by atoms with Crippen molar-refractivity contribution in [1.29, 1.82) is 0 Å². The van der Waals surface area contributed by atoms with Gasteiger partial charge in [-0.3, -0.25) is 10.1 Å². The van der Waals surface area contributed by atoms with Crippen LogP contribution in [0.15, 0.2) is 24.3 Å². The van der Waals surface area contributed by atoms with Gasteiger partial charge >= 0.3 is 0 Å². The fourth-order valence-corrected chi connectivity index (χ4v) is 3.15. The molecule has 2 aromatic rings. The zero-order chi connectivity index (χ0) is 15.5. The molecule has 0 fully saturated rings. The zero-order valence-corrected chi connectivity index (χ0v) is 14.7. The first-order valence-electron chi connectivity index (χ1n) is 6.70. The van der Waals surface area contributed by atoms with Crippen molar-refractivity contribution in [3.8, 4) is 0 Å². The topological polar surface area (TPSA) is 54.9 Å². The van der Waals surface area contributed by atoms with Crippen LogP contribution in [0.1, 0.15) is 41.7 Å². The Bertz CT molecular complexity index is 617. The highest BCUT2D eigenvalue weighted by Crippen LogP contribution is 2.23. The lowest BCUT2D eigenvalue weighted by Crippen LogP contribution is -2.14. The number of alkyl halides is 1. The van der Waals surface area contributed by atoms with Gasteiger partial charge in [-0.1, -0.05) is 60.2 Å². The molecule has 0 bridgehead atoms. The third kappa shape index (κ3) is 4.35. The number of carbonyl (C=O) groups is 1. The molecule has 0 saturated heterocycles. The second kappa shape index (κ2) is 6.66. The predicted octanol–water partition coefficient (Wildman–Crippen LogP) is 4.03. The van der Waals surface area contributed by atoms with E-state index in [0.29, 0.717) is 10.7 Å². The standard InChI is InChI=1S/C15H18BrN3OS/c1-15(2,3)11-6-4-10(5-7-11)13(20)17-14-19-18-12(21-14)8-9-16/h4-7H,8-9H2,1-3H3,(H,17,19,20). The highest BCUT2D eigenvalue weighted by Gasteiger charge is 2.15. The number of hydrogen-bond donors (Lipinski definition) is 1. The molecule has 112 valence electrons. The van der Waals surface area contributed by atoms with E-state index in [1.165, 1.54) is 16.9 Å². The second-order valence-corrected chi connectivity index (χ2v) is 7.58. The van der Waals surface area contributed by atoms with Gasteiger partial charge in [0, 0.05) is 17.3 Å². The molecular formula is C15H18BrN3OS. The van der Waals surface area contributed by atoms with Crippen molar-refractivity contribution in [3.05, 3.63) is 40.4 Å². The molecule has 6 heteroatoms. The Morgan fingerprint density at radius 3 is 2.48 bits per heavy atom. The zero-order valence-electron chi connectivity index (χ0n) is 12.3. The van der Waals surface area contributed by atoms with Gasteiger partial charge in [-0.2, -0.15) is 0 Å². The van der Waals surface area contributed by atoms with Crippen LogP contribution in [0.25, 0.3) is 0 Å². The molecular weight excluding hydrogens is 350 g/mol. The first-order chi connectivity index (χ1) is 9.90. The number of nitrogens with zero attached hydrogens (tertiary/aromatic N) is 2. The predicted molar refractivity (Wildman–Crippen MR) is 90.5 cm³/mol. The average molecular weight is 368 g/mol. The van der Waals surface area contributed by atoms with Crippen LogP contribution < -0.4 is 5.32 Å². The van der Waals surface area contributed by atoms with Crippen molar-refractivity contribution in [1.82, 2.24) is 10.2 Å². The van der Waals surface area contributed by atoms with Crippen molar-refractivity contribution in [2.75, 3.05) is 10.6 Å². The van der Waals surface area contributed by atoms with Crippen molar-refractivity contribution in [2.45, 2.75) is 32.6 Å². The van der Waals surface area contributed by atoms with E-state index in [9.17, 15) is 4.79 Å². The molecule has 0 atom stereocenters. The molecule has 1 N–H and O–H groups in total. The van der Waals surface area contributed by atoms with E-state index in [0.717, 1.165) is 16.8 Å². The summed E-state index contributed by atoms with van der Waals surface area (Å²) in [5, 5.41) is 13.1. The van der Waals surface area contributed by atoms with Gasteiger partial charge in [-0.25, -0.2) is 0 Å². The Kier molecular flexibility index (Phi) is 5.11. The summed E-state index contributed by atoms with van der Waals surface area (Å²) in [6, 6.07) is 7.67. The summed E-state index contributed by atoms with van der Waals surface area (Å²) < 4.78 is 0. The number of hydrogen-bond acceptors (Lipinski definition) is 4. The first-order valence-corrected chi connectivity index (χ1v) is 8.64. The van der Waals surface area contributed by atoms with Gasteiger partial charge in [-0.05, 0) is 23.1 Å². The van der Waals surface area contributed by atoms with E-state index in [2.05, 4.69) is 52.2 Å². The van der Waals surface area contributed by atoms with E-state index in [4.69, 9.17) is 0 Å². The highest BCUT2D eigenvalue weighted by atomic mass is 79.9. The number of aryl methyl sites for hydroxylation is 1. The van der Waals surface area contributed by atoms with Crippen LogP contribution in [-0.4, -0.2) is 21.4 Å². The summed E-state index contributed by atoms with van der Waals surface area (Å²) in [6.07, 6.45) is 0.813. The Morgan fingerprint density at radius 1 is 1.24 bits per heavy atom. The van der Waals surface area contributed by atoms with Gasteiger partial charge in [0.2, 0.25) is 5.13 Å². The van der Waals surface area contributed by atoms with Gasteiger partial charge in [-0.15, -0.1) is 10.2 Å². The number of benzene rings is 1. The SMILES string of the molecule is CC(C)(C)c1ccc(C(=O)Nc2nnc(CCBr)s2)cc1. The van der Waals surface area contributed by atoms with E-state index in [1.54, 1.807) is 0 Å². The van der Waals surface area contributed by atoms with Crippen LogP contribution in [0.3, 0.4) is 0 Å². The average Bonchev–Trinajstić information content (AvgIpc) is 2.86. The first kappa shape index (κ1) is 16.1. The van der Waals surface area contributed by atoms with Crippen LogP contribution in [0.5, 0.6) is 0 Å². The van der Waals surface area contributed by atoms with E-state index < -0.39 is 0 Å². The van der Waals surface area contributed by atoms with Crippen molar-refractivity contribution >= 4 is 38.3 Å². The maximum atomic E-state index is 12.2. The second-order valence-electron chi connectivity index (χ2n) is 5.72. The van der Waals surface area contributed by atoms with E-state index in [1.807, 2.05) is 24.3 Å². The van der Waals surface area contributed by atoms with Crippen molar-refractivity contribution < 1.29 is 4.79 Å². The summed E-state index contributed by atoms with van der Waals surface area (Å²) in [6.45, 7) is 6.44. The molecule has 0 spiro atoms. The van der Waals surface area contributed by atoms with Crippen LogP contribution in [0.2, 0.25) is 0 Å². The number of anilines is 1. The van der Waals surface area contributed by atoms with Gasteiger partial charge in [0.05, 0.1) is 0 Å². The number of halogens is 1. The fraction of sp³-hybridized carbons (Fsp3) is 0.400. The van der Waals surface area contributed by atoms with Crippen molar-refractivity contribution in [2.24, 2.45) is 0 Å². The molecule has 2 rings (SSSR count). The van der Waals surface area contributed by atoms with E-state index >= 15 is 0 Å². The monoisotopic (exact) mass is 367 g/mol. The smallest absolute Gasteiger partial charge is 0.257 e. The van der Waals surface area contributed by atoms with Crippen LogP contribution in [-0.2, 0) is 11.8 Å². The third-order valence-electron chi connectivity index (χ3n) is 3.01. The largest absolute Gasteiger partial charge is 0.296 e. The third-order valence-corrected chi connectivity index (χ3v) is 4.30. The van der Waals surface area contributed by atoms with Crippen LogP contribution in [0, 0.1) is 0 Å². The molecule has 0 aliphatic rings. The Balaban J connectivity index is 2.06. The summed E-state index contributed by atoms with van der Waals surface area (Å²) in [4.78, 5) is 12.2. The van der Waals surface area contributed by atoms with Gasteiger partial charge in [0.15, 0.2) is 0 Å². The highest BCUT2D eigenvalue weighted by molar-refractivity contribution is 9.09. The summed E-state index contributed by atoms with van der Waals surface area (Å²) in [7, 11) is 0. The van der Waals surface area contributed by atoms with Gasteiger partial charge < -0.3 is 0 Å². The summed E-state index contributed by atoms with van der Waals surface area (Å²) in [5.74, 6) is -0.156. The lowest BCUT2D eigenvalue weighted by molar-refractivity contribution is 0.102. The molecule has 1 aromatic carbocycles. The Labute approximate surface area is 137 Å². The minimum absolute atomic E-state index is 0.0822. The molecule has 4 nitrogen and oxygen atoms in total. The minimum atomic E-state index is -0.156. The van der Waals surface area contributed by atoms with Gasteiger partial charge in [0.25, 0.3) is 5.91 Å². The summed E-state index contributed by atoms with van der Waals surface area (Å²) in [5.41, 5.74) is 1.91. The molecule has 0 unspecified atom stereocenters. The molecule has 0 aliphatic heterocycles. The summed E-state index contributed by atoms with van der Waals surface area (Å²) >= 11 is 4.76. The number of rotatable bonds is 4. The number of aromatic nitrogens is 2. The number of amides is 1. The maximum absolute atomic E-state index is 12.2. The van der Waals surface area contributed by atoms with Crippen molar-refractivity contribution in [3.63, 3.8) is 0 Å². The minimum Gasteiger partial charge on any atom is -0.296 e. The van der Waals surface area contributed by atoms with E-state index in [-0.39, 0.29) is 11.3 Å². The van der Waals surface area contributed by atoms with Crippen LogP contribution in [0.4, 0.5) is 5.13 Å². The molecule has 1 aromatic heterocycles. The van der Waals surface area contributed by atoms with Crippen LogP contribution >= 0.6 is 27.3 Å². The molecule has 21 heavy (non-hydrogen) atoms. The lowest BCUT2D eigenvalue weighted by Gasteiger charge is -2.18. The molecule has 0 radical (unpaired) electrons. The lowest BCUT2D eigenvalue weighted by atomic mass is 9.87. The normalized spacial score (nSPS) is 11.4. The molecule has 1 heterocycles. The number of carbonyl (C=O) groups excluding carboxylic acids is 1. The molecule has 0 aliphatic carbocycles. The number of nitrogens with one attached hydrogen (secondary N) is 1. The molecule has 0 saturated carbocycles. The Hall–Kier alpha value is -1.27. The fourth-order valence-electron chi connectivity index (χ4n) is 1.78. The maximum Gasteiger partial charge on any atom is 0.257 e. The Morgan fingerprint density at radius 2 is 1.90 bits per heavy atom. The van der Waals surface area contributed by atoms with Gasteiger partial charge in [0.1, 0.15) is 5.01 Å². The molecule has 1 amide bonds. The quantitative estimate of drug-likeness (QED) is 0.830.